The van der Waals surface area contributed by atoms with Crippen molar-refractivity contribution in [3.8, 4) is 0 Å². The van der Waals surface area contributed by atoms with Crippen LogP contribution in [-0.4, -0.2) is 42.0 Å². The van der Waals surface area contributed by atoms with Gasteiger partial charge >= 0.3 is 6.03 Å². The van der Waals surface area contributed by atoms with Crippen LogP contribution in [0.5, 0.6) is 0 Å². The highest BCUT2D eigenvalue weighted by Gasteiger charge is 2.44. The van der Waals surface area contributed by atoms with E-state index in [0.29, 0.717) is 13.1 Å². The van der Waals surface area contributed by atoms with Gasteiger partial charge in [0.15, 0.2) is 0 Å². The molecule has 0 bridgehead atoms. The van der Waals surface area contributed by atoms with Crippen molar-refractivity contribution in [3.63, 3.8) is 0 Å². The second-order valence-corrected chi connectivity index (χ2v) is 6.23. The van der Waals surface area contributed by atoms with E-state index in [1.807, 2.05) is 6.07 Å². The minimum absolute atomic E-state index is 0.141. The monoisotopic (exact) mass is 287 g/mol. The van der Waals surface area contributed by atoms with Gasteiger partial charge in [0, 0.05) is 25.3 Å². The van der Waals surface area contributed by atoms with E-state index in [1.54, 1.807) is 13.8 Å². The standard InChI is InChI=1S/C16H21N3O2/c1-16(2)14(20)19(15(21)17-16)11-10-18-9-5-7-12-6-3-4-8-13(12)18/h3-4,6,8H,5,7,9-11H2,1-2H3,(H,17,21). The zero-order valence-electron chi connectivity index (χ0n) is 12.6. The summed E-state index contributed by atoms with van der Waals surface area (Å²) in [5.74, 6) is -0.141. The molecular weight excluding hydrogens is 266 g/mol. The lowest BCUT2D eigenvalue weighted by Gasteiger charge is -2.32. The molecule has 1 fully saturated rings. The van der Waals surface area contributed by atoms with Gasteiger partial charge in [0.25, 0.3) is 5.91 Å². The number of nitrogens with zero attached hydrogens (tertiary/aromatic N) is 2. The fraction of sp³-hybridized carbons (Fsp3) is 0.500. The number of aryl methyl sites for hydroxylation is 1. The summed E-state index contributed by atoms with van der Waals surface area (Å²) in [7, 11) is 0. The molecule has 1 aromatic carbocycles. The molecule has 3 rings (SSSR count). The van der Waals surface area contributed by atoms with Gasteiger partial charge in [-0.1, -0.05) is 18.2 Å². The van der Waals surface area contributed by atoms with Crippen LogP contribution in [0, 0.1) is 0 Å². The Morgan fingerprint density at radius 3 is 2.67 bits per heavy atom. The molecular formula is C16H21N3O2. The quantitative estimate of drug-likeness (QED) is 0.862. The fourth-order valence-electron chi connectivity index (χ4n) is 3.09. The number of benzene rings is 1. The van der Waals surface area contributed by atoms with E-state index < -0.39 is 5.54 Å². The van der Waals surface area contributed by atoms with Gasteiger partial charge in [-0.3, -0.25) is 9.69 Å². The molecule has 2 aliphatic rings. The van der Waals surface area contributed by atoms with Crippen molar-refractivity contribution < 1.29 is 9.59 Å². The molecule has 112 valence electrons. The van der Waals surface area contributed by atoms with Crippen molar-refractivity contribution in [2.75, 3.05) is 24.5 Å². The van der Waals surface area contributed by atoms with Crippen LogP contribution < -0.4 is 10.2 Å². The second kappa shape index (κ2) is 5.06. The first kappa shape index (κ1) is 13.9. The van der Waals surface area contributed by atoms with Gasteiger partial charge in [-0.2, -0.15) is 0 Å². The SMILES string of the molecule is CC1(C)NC(=O)N(CCN2CCCc3ccccc32)C1=O. The maximum atomic E-state index is 12.2. The number of hydrogen-bond acceptors (Lipinski definition) is 3. The van der Waals surface area contributed by atoms with E-state index in [-0.39, 0.29) is 11.9 Å². The molecule has 2 heterocycles. The fourth-order valence-corrected chi connectivity index (χ4v) is 3.09. The second-order valence-electron chi connectivity index (χ2n) is 6.23. The van der Waals surface area contributed by atoms with Gasteiger partial charge in [0.05, 0.1) is 0 Å². The molecule has 0 aliphatic carbocycles. The van der Waals surface area contributed by atoms with E-state index in [0.717, 1.165) is 19.4 Å². The first-order valence-corrected chi connectivity index (χ1v) is 7.46. The molecule has 5 nitrogen and oxygen atoms in total. The summed E-state index contributed by atoms with van der Waals surface area (Å²) >= 11 is 0. The molecule has 1 saturated heterocycles. The third-order valence-electron chi connectivity index (χ3n) is 4.24. The average Bonchev–Trinajstić information content (AvgIpc) is 2.65. The zero-order chi connectivity index (χ0) is 15.0. The Kier molecular flexibility index (Phi) is 3.35. The zero-order valence-corrected chi connectivity index (χ0v) is 12.6. The van der Waals surface area contributed by atoms with Crippen molar-refractivity contribution >= 4 is 17.6 Å². The Morgan fingerprint density at radius 2 is 1.95 bits per heavy atom. The smallest absolute Gasteiger partial charge is 0.325 e. The number of anilines is 1. The van der Waals surface area contributed by atoms with E-state index in [2.05, 4.69) is 28.4 Å². The van der Waals surface area contributed by atoms with Gasteiger partial charge in [0.2, 0.25) is 0 Å². The van der Waals surface area contributed by atoms with Crippen molar-refractivity contribution in [1.82, 2.24) is 10.2 Å². The summed E-state index contributed by atoms with van der Waals surface area (Å²) in [6.07, 6.45) is 2.21. The highest BCUT2D eigenvalue weighted by Crippen LogP contribution is 2.26. The Bertz CT molecular complexity index is 583. The van der Waals surface area contributed by atoms with Crippen molar-refractivity contribution in [3.05, 3.63) is 29.8 Å². The van der Waals surface area contributed by atoms with E-state index in [4.69, 9.17) is 0 Å². The predicted molar refractivity (Wildman–Crippen MR) is 81.3 cm³/mol. The number of rotatable bonds is 3. The third kappa shape index (κ3) is 2.48. The number of imide groups is 1. The predicted octanol–water partition coefficient (Wildman–Crippen LogP) is 1.77. The lowest BCUT2D eigenvalue weighted by atomic mass is 10.0. The van der Waals surface area contributed by atoms with Crippen molar-refractivity contribution in [2.24, 2.45) is 0 Å². The Balaban J connectivity index is 1.69. The average molecular weight is 287 g/mol. The van der Waals surface area contributed by atoms with Crippen molar-refractivity contribution in [1.29, 1.82) is 0 Å². The summed E-state index contributed by atoms with van der Waals surface area (Å²) in [6, 6.07) is 8.08. The minimum Gasteiger partial charge on any atom is -0.370 e. The van der Waals surface area contributed by atoms with Crippen molar-refractivity contribution in [2.45, 2.75) is 32.2 Å². The van der Waals surface area contributed by atoms with Crippen LogP contribution in [0.4, 0.5) is 10.5 Å². The third-order valence-corrected chi connectivity index (χ3v) is 4.24. The molecule has 0 spiro atoms. The summed E-state index contributed by atoms with van der Waals surface area (Å²) in [5.41, 5.74) is 1.80. The molecule has 1 aromatic rings. The first-order chi connectivity index (χ1) is 9.99. The molecule has 21 heavy (non-hydrogen) atoms. The number of fused-ring (bicyclic) bond motifs is 1. The van der Waals surface area contributed by atoms with Crippen LogP contribution in [0.2, 0.25) is 0 Å². The summed E-state index contributed by atoms with van der Waals surface area (Å²) < 4.78 is 0. The molecule has 0 saturated carbocycles. The molecule has 3 amide bonds. The van der Waals surface area contributed by atoms with E-state index in [1.165, 1.54) is 16.2 Å². The Morgan fingerprint density at radius 1 is 1.19 bits per heavy atom. The molecule has 0 atom stereocenters. The highest BCUT2D eigenvalue weighted by molar-refractivity contribution is 6.06. The van der Waals surface area contributed by atoms with Gasteiger partial charge in [-0.25, -0.2) is 4.79 Å². The molecule has 5 heteroatoms. The van der Waals surface area contributed by atoms with Gasteiger partial charge in [0.1, 0.15) is 5.54 Å². The maximum absolute atomic E-state index is 12.2. The van der Waals surface area contributed by atoms with Crippen LogP contribution in [-0.2, 0) is 11.2 Å². The first-order valence-electron chi connectivity index (χ1n) is 7.46. The number of hydrogen-bond donors (Lipinski definition) is 1. The van der Waals surface area contributed by atoms with Crippen LogP contribution in [0.1, 0.15) is 25.8 Å². The Hall–Kier alpha value is -2.04. The van der Waals surface area contributed by atoms with E-state index >= 15 is 0 Å². The van der Waals surface area contributed by atoms with Gasteiger partial charge in [-0.05, 0) is 38.3 Å². The topological polar surface area (TPSA) is 52.7 Å². The maximum Gasteiger partial charge on any atom is 0.325 e. The van der Waals surface area contributed by atoms with Crippen LogP contribution in [0.25, 0.3) is 0 Å². The lowest BCUT2D eigenvalue weighted by molar-refractivity contribution is -0.130. The Labute approximate surface area is 124 Å². The van der Waals surface area contributed by atoms with Crippen LogP contribution >= 0.6 is 0 Å². The molecule has 2 aliphatic heterocycles. The molecule has 1 N–H and O–H groups in total. The number of carbonyl (C=O) groups excluding carboxylic acids is 2. The lowest BCUT2D eigenvalue weighted by Crippen LogP contribution is -2.42. The summed E-state index contributed by atoms with van der Waals surface area (Å²) in [5, 5.41) is 2.72. The number of nitrogens with one attached hydrogen (secondary N) is 1. The summed E-state index contributed by atoms with van der Waals surface area (Å²) in [6.45, 7) is 5.57. The normalized spacial score (nSPS) is 20.5. The number of carbonyl (C=O) groups is 2. The van der Waals surface area contributed by atoms with E-state index in [9.17, 15) is 9.59 Å². The van der Waals surface area contributed by atoms with Crippen LogP contribution in [0.3, 0.4) is 0 Å². The number of amides is 3. The number of urea groups is 1. The molecule has 0 radical (unpaired) electrons. The summed E-state index contributed by atoms with van der Waals surface area (Å²) in [4.78, 5) is 27.7. The molecule has 0 unspecified atom stereocenters. The largest absolute Gasteiger partial charge is 0.370 e. The van der Waals surface area contributed by atoms with Gasteiger partial charge in [-0.15, -0.1) is 0 Å². The highest BCUT2D eigenvalue weighted by atomic mass is 16.2. The molecule has 0 aromatic heterocycles. The minimum atomic E-state index is -0.781. The number of para-hydroxylation sites is 1. The van der Waals surface area contributed by atoms with Crippen LogP contribution in [0.15, 0.2) is 24.3 Å². The van der Waals surface area contributed by atoms with Gasteiger partial charge < -0.3 is 10.2 Å².